The minimum Gasteiger partial charge on any atom is -0.292 e. The van der Waals surface area contributed by atoms with Gasteiger partial charge in [-0.1, -0.05) is 30.4 Å². The molecule has 3 nitrogen and oxygen atoms in total. The molecule has 0 N–H and O–H groups in total. The zero-order valence-corrected chi connectivity index (χ0v) is 12.6. The van der Waals surface area contributed by atoms with Gasteiger partial charge in [-0.2, -0.15) is 0 Å². The maximum Gasteiger partial charge on any atom is 0.261 e. The van der Waals surface area contributed by atoms with Crippen molar-refractivity contribution in [2.45, 2.75) is 19.4 Å². The monoisotopic (exact) mass is 306 g/mol. The van der Waals surface area contributed by atoms with Crippen LogP contribution < -0.4 is 5.56 Å². The number of allylic oxidation sites excluding steroid dienone is 1. The molecule has 0 aliphatic carbocycles. The van der Waals surface area contributed by atoms with Crippen molar-refractivity contribution in [1.29, 1.82) is 0 Å². The SMILES string of the molecule is C=C1CCc2nc3cc(-c4cccc(F)c4)ccc3c(=O)n2C1. The molecule has 0 unspecified atom stereocenters. The van der Waals surface area contributed by atoms with Crippen LogP contribution in [0.15, 0.2) is 59.4 Å². The molecule has 4 heteroatoms. The van der Waals surface area contributed by atoms with Gasteiger partial charge in [-0.15, -0.1) is 0 Å². The van der Waals surface area contributed by atoms with Gasteiger partial charge in [0.05, 0.1) is 10.9 Å². The molecule has 4 rings (SSSR count). The molecule has 23 heavy (non-hydrogen) atoms. The summed E-state index contributed by atoms with van der Waals surface area (Å²) in [6.45, 7) is 4.52. The van der Waals surface area contributed by atoms with E-state index in [1.54, 1.807) is 16.7 Å². The molecule has 0 amide bonds. The minimum atomic E-state index is -0.278. The summed E-state index contributed by atoms with van der Waals surface area (Å²) < 4.78 is 15.1. The molecule has 0 saturated heterocycles. The molecule has 1 aromatic heterocycles. The van der Waals surface area contributed by atoms with Crippen molar-refractivity contribution >= 4 is 10.9 Å². The molecule has 0 saturated carbocycles. The Kier molecular flexibility index (Phi) is 3.11. The maximum absolute atomic E-state index is 13.4. The van der Waals surface area contributed by atoms with Gasteiger partial charge < -0.3 is 0 Å². The third-order valence-electron chi connectivity index (χ3n) is 4.28. The quantitative estimate of drug-likeness (QED) is 0.642. The second kappa shape index (κ2) is 5.16. The first-order valence-electron chi connectivity index (χ1n) is 7.58. The molecule has 1 aliphatic heterocycles. The first kappa shape index (κ1) is 13.9. The number of aromatic nitrogens is 2. The van der Waals surface area contributed by atoms with Gasteiger partial charge in [0.15, 0.2) is 0 Å². The van der Waals surface area contributed by atoms with Crippen molar-refractivity contribution in [3.8, 4) is 11.1 Å². The lowest BCUT2D eigenvalue weighted by Gasteiger charge is -2.19. The number of fused-ring (bicyclic) bond motifs is 2. The molecule has 0 atom stereocenters. The highest BCUT2D eigenvalue weighted by Crippen LogP contribution is 2.24. The van der Waals surface area contributed by atoms with Gasteiger partial charge in [-0.25, -0.2) is 9.37 Å². The first-order chi connectivity index (χ1) is 11.1. The summed E-state index contributed by atoms with van der Waals surface area (Å²) in [5, 5.41) is 0.587. The van der Waals surface area contributed by atoms with Crippen LogP contribution in [0.25, 0.3) is 22.0 Å². The van der Waals surface area contributed by atoms with E-state index in [-0.39, 0.29) is 11.4 Å². The van der Waals surface area contributed by atoms with E-state index in [2.05, 4.69) is 11.6 Å². The van der Waals surface area contributed by atoms with E-state index in [0.29, 0.717) is 17.4 Å². The Morgan fingerprint density at radius 3 is 2.74 bits per heavy atom. The lowest BCUT2D eigenvalue weighted by molar-refractivity contribution is 0.598. The molecular formula is C19H15FN2O. The molecule has 0 radical (unpaired) electrons. The van der Waals surface area contributed by atoms with Gasteiger partial charge >= 0.3 is 0 Å². The predicted molar refractivity (Wildman–Crippen MR) is 88.9 cm³/mol. The highest BCUT2D eigenvalue weighted by molar-refractivity contribution is 5.83. The van der Waals surface area contributed by atoms with Crippen LogP contribution in [0.2, 0.25) is 0 Å². The zero-order chi connectivity index (χ0) is 16.0. The summed E-state index contributed by atoms with van der Waals surface area (Å²) in [5.74, 6) is 0.519. The van der Waals surface area contributed by atoms with E-state index in [0.717, 1.165) is 35.4 Å². The van der Waals surface area contributed by atoms with E-state index in [1.165, 1.54) is 12.1 Å². The molecule has 2 aromatic carbocycles. The summed E-state index contributed by atoms with van der Waals surface area (Å²) in [6, 6.07) is 11.9. The van der Waals surface area contributed by atoms with Gasteiger partial charge in [0.2, 0.25) is 0 Å². The number of hydrogen-bond donors (Lipinski definition) is 0. The number of nitrogens with zero attached hydrogens (tertiary/aromatic N) is 2. The van der Waals surface area contributed by atoms with Gasteiger partial charge in [0, 0.05) is 13.0 Å². The fourth-order valence-corrected chi connectivity index (χ4v) is 3.06. The third-order valence-corrected chi connectivity index (χ3v) is 4.28. The van der Waals surface area contributed by atoms with Crippen LogP contribution in [0.5, 0.6) is 0 Å². The largest absolute Gasteiger partial charge is 0.292 e. The molecule has 1 aliphatic rings. The normalized spacial score (nSPS) is 14.0. The Balaban J connectivity index is 1.92. The second-order valence-corrected chi connectivity index (χ2v) is 5.91. The summed E-state index contributed by atoms with van der Waals surface area (Å²) >= 11 is 0. The number of halogens is 1. The van der Waals surface area contributed by atoms with Gasteiger partial charge in [-0.3, -0.25) is 9.36 Å². The summed E-state index contributed by atoms with van der Waals surface area (Å²) in [6.07, 6.45) is 1.59. The Morgan fingerprint density at radius 2 is 1.91 bits per heavy atom. The molecule has 2 heterocycles. The third kappa shape index (κ3) is 2.36. The second-order valence-electron chi connectivity index (χ2n) is 5.91. The molecule has 3 aromatic rings. The fourth-order valence-electron chi connectivity index (χ4n) is 3.06. The average molecular weight is 306 g/mol. The summed E-state index contributed by atoms with van der Waals surface area (Å²) in [7, 11) is 0. The smallest absolute Gasteiger partial charge is 0.261 e. The number of hydrogen-bond acceptors (Lipinski definition) is 2. The summed E-state index contributed by atoms with van der Waals surface area (Å²) in [5.41, 5.74) is 3.32. The van der Waals surface area contributed by atoms with Crippen molar-refractivity contribution in [3.05, 3.63) is 76.6 Å². The molecule has 0 spiro atoms. The van der Waals surface area contributed by atoms with Crippen LogP contribution in [0.3, 0.4) is 0 Å². The predicted octanol–water partition coefficient (Wildman–Crippen LogP) is 3.71. The van der Waals surface area contributed by atoms with Gasteiger partial charge in [-0.05, 0) is 41.8 Å². The average Bonchev–Trinajstić information content (AvgIpc) is 2.55. The van der Waals surface area contributed by atoms with Crippen LogP contribution in [0.1, 0.15) is 12.2 Å². The maximum atomic E-state index is 13.4. The lowest BCUT2D eigenvalue weighted by atomic mass is 10.0. The van der Waals surface area contributed by atoms with E-state index < -0.39 is 0 Å². The molecule has 0 fully saturated rings. The van der Waals surface area contributed by atoms with Crippen LogP contribution in [0.4, 0.5) is 4.39 Å². The van der Waals surface area contributed by atoms with E-state index >= 15 is 0 Å². The minimum absolute atomic E-state index is 0.0309. The summed E-state index contributed by atoms with van der Waals surface area (Å²) in [4.78, 5) is 17.3. The topological polar surface area (TPSA) is 34.9 Å². The van der Waals surface area contributed by atoms with Crippen LogP contribution >= 0.6 is 0 Å². The van der Waals surface area contributed by atoms with E-state index in [4.69, 9.17) is 0 Å². The van der Waals surface area contributed by atoms with Crippen molar-refractivity contribution in [1.82, 2.24) is 9.55 Å². The number of aryl methyl sites for hydroxylation is 1. The zero-order valence-electron chi connectivity index (χ0n) is 12.6. The highest BCUT2D eigenvalue weighted by atomic mass is 19.1. The standard InChI is InChI=1S/C19H15FN2O/c1-12-5-8-18-21-17-10-14(13-3-2-4-15(20)9-13)6-7-16(17)19(23)22(18)11-12/h2-4,6-7,9-10H,1,5,8,11H2. The van der Waals surface area contributed by atoms with Crippen LogP contribution in [-0.4, -0.2) is 9.55 Å². The van der Waals surface area contributed by atoms with Crippen LogP contribution in [-0.2, 0) is 13.0 Å². The first-order valence-corrected chi connectivity index (χ1v) is 7.58. The Hall–Kier alpha value is -2.75. The fraction of sp³-hybridized carbons (Fsp3) is 0.158. The Bertz CT molecular complexity index is 1000. The Morgan fingerprint density at radius 1 is 1.09 bits per heavy atom. The van der Waals surface area contributed by atoms with Crippen molar-refractivity contribution in [2.24, 2.45) is 0 Å². The van der Waals surface area contributed by atoms with E-state index in [1.807, 2.05) is 18.2 Å². The highest BCUT2D eigenvalue weighted by Gasteiger charge is 2.16. The lowest BCUT2D eigenvalue weighted by Crippen LogP contribution is -2.29. The molecular weight excluding hydrogens is 291 g/mol. The van der Waals surface area contributed by atoms with Crippen LogP contribution in [0, 0.1) is 5.82 Å². The molecule has 114 valence electrons. The van der Waals surface area contributed by atoms with Gasteiger partial charge in [0.25, 0.3) is 5.56 Å². The van der Waals surface area contributed by atoms with Crippen molar-refractivity contribution in [2.75, 3.05) is 0 Å². The van der Waals surface area contributed by atoms with Gasteiger partial charge in [0.1, 0.15) is 11.6 Å². The number of rotatable bonds is 1. The number of benzene rings is 2. The van der Waals surface area contributed by atoms with Crippen molar-refractivity contribution < 1.29 is 4.39 Å². The Labute approximate surface area is 132 Å². The molecule has 0 bridgehead atoms. The van der Waals surface area contributed by atoms with Crippen molar-refractivity contribution in [3.63, 3.8) is 0 Å². The van der Waals surface area contributed by atoms with E-state index in [9.17, 15) is 9.18 Å².